The van der Waals surface area contributed by atoms with Crippen LogP contribution in [-0.4, -0.2) is 67.2 Å². The smallest absolute Gasteiger partial charge is 0.340 e. The molecule has 5 atom stereocenters. The van der Waals surface area contributed by atoms with E-state index in [0.717, 1.165) is 0 Å². The summed E-state index contributed by atoms with van der Waals surface area (Å²) in [6, 6.07) is 31.6. The van der Waals surface area contributed by atoms with E-state index < -0.39 is 67.2 Å². The molecule has 1 aliphatic heterocycles. The summed E-state index contributed by atoms with van der Waals surface area (Å²) in [7, 11) is 0. The Morgan fingerprint density at radius 1 is 0.421 bits per heavy atom. The second kappa shape index (κ2) is 19.5. The third kappa shape index (κ3) is 11.3. The van der Waals surface area contributed by atoms with Crippen LogP contribution in [0.15, 0.2) is 144 Å². The van der Waals surface area contributed by atoms with Gasteiger partial charge in [0.15, 0.2) is 12.2 Å². The minimum Gasteiger partial charge on any atom is -0.459 e. The van der Waals surface area contributed by atoms with Gasteiger partial charge in [-0.3, -0.25) is 0 Å². The fourth-order valence-corrected chi connectivity index (χ4v) is 7.57. The second-order valence-electron chi connectivity index (χ2n) is 12.2. The van der Waals surface area contributed by atoms with Gasteiger partial charge >= 0.3 is 29.8 Å². The van der Waals surface area contributed by atoms with E-state index in [4.69, 9.17) is 28.4 Å². The van der Waals surface area contributed by atoms with Crippen LogP contribution in [0.2, 0.25) is 0 Å². The molecule has 0 saturated carbocycles. The Kier molecular flexibility index (Phi) is 14.5. The molecule has 0 aliphatic carbocycles. The van der Waals surface area contributed by atoms with Gasteiger partial charge < -0.3 is 28.4 Å². The summed E-state index contributed by atoms with van der Waals surface area (Å²) in [5.74, 6) is -4.41. The van der Waals surface area contributed by atoms with Crippen molar-refractivity contribution in [2.45, 2.75) is 30.7 Å². The molecule has 57 heavy (non-hydrogen) atoms. The molecular formula is C41H27Br5O11. The normalized spacial score (nSPS) is 18.8. The highest BCUT2D eigenvalue weighted by molar-refractivity contribution is 9.11. The number of esters is 5. The maximum absolute atomic E-state index is 14.0. The zero-order valence-corrected chi connectivity index (χ0v) is 37.0. The number of rotatable bonds is 11. The molecule has 1 saturated heterocycles. The highest BCUT2D eigenvalue weighted by atomic mass is 79.9. The van der Waals surface area contributed by atoms with Crippen molar-refractivity contribution in [2.75, 3.05) is 6.61 Å². The van der Waals surface area contributed by atoms with E-state index >= 15 is 0 Å². The Hall–Kier alpha value is -4.19. The van der Waals surface area contributed by atoms with Crippen LogP contribution >= 0.6 is 79.6 Å². The molecule has 0 aromatic heterocycles. The van der Waals surface area contributed by atoms with Crippen LogP contribution in [0.3, 0.4) is 0 Å². The third-order valence-electron chi connectivity index (χ3n) is 8.22. The SMILES string of the molecule is O=C(OC[C@H]1O[C@H](OC(=O)c2cccc(Br)c2)[C@H](OC(=O)c2cccc(Br)c2)[C@@H](OC(=O)c2cccc(Br)c2)[C@H]1OC(=O)c1cccc(Br)c1)c1cccc(Br)c1. The van der Waals surface area contributed by atoms with E-state index in [1.165, 1.54) is 60.7 Å². The van der Waals surface area contributed by atoms with Crippen molar-refractivity contribution < 1.29 is 52.4 Å². The van der Waals surface area contributed by atoms with Crippen LogP contribution < -0.4 is 0 Å². The van der Waals surface area contributed by atoms with Gasteiger partial charge in [-0.25, -0.2) is 24.0 Å². The first kappa shape index (κ1) is 42.4. The van der Waals surface area contributed by atoms with Crippen molar-refractivity contribution in [1.82, 2.24) is 0 Å². The van der Waals surface area contributed by atoms with E-state index in [0.29, 0.717) is 22.4 Å². The van der Waals surface area contributed by atoms with Crippen LogP contribution in [-0.2, 0) is 28.4 Å². The fraction of sp³-hybridized carbons (Fsp3) is 0.146. The average molecular weight is 1100 g/mol. The molecule has 1 fully saturated rings. The number of ether oxygens (including phenoxy) is 6. The number of hydrogen-bond acceptors (Lipinski definition) is 11. The van der Waals surface area contributed by atoms with Crippen molar-refractivity contribution in [2.24, 2.45) is 0 Å². The summed E-state index contributed by atoms with van der Waals surface area (Å²) in [5, 5.41) is 0. The number of carbonyl (C=O) groups is 5. The molecule has 0 spiro atoms. The molecule has 0 N–H and O–H groups in total. The van der Waals surface area contributed by atoms with Crippen molar-refractivity contribution >= 4 is 109 Å². The highest BCUT2D eigenvalue weighted by Crippen LogP contribution is 2.33. The largest absolute Gasteiger partial charge is 0.459 e. The van der Waals surface area contributed by atoms with E-state index in [2.05, 4.69) is 79.6 Å². The van der Waals surface area contributed by atoms with E-state index in [1.807, 2.05) is 0 Å². The Morgan fingerprint density at radius 3 is 1.11 bits per heavy atom. The summed E-state index contributed by atoms with van der Waals surface area (Å²) >= 11 is 16.7. The quantitative estimate of drug-likeness (QED) is 0.0922. The Balaban J connectivity index is 1.45. The van der Waals surface area contributed by atoms with Crippen LogP contribution in [0.4, 0.5) is 0 Å². The lowest BCUT2D eigenvalue weighted by atomic mass is 9.97. The van der Waals surface area contributed by atoms with Gasteiger partial charge in [0, 0.05) is 22.4 Å². The van der Waals surface area contributed by atoms with Gasteiger partial charge in [-0.15, -0.1) is 0 Å². The highest BCUT2D eigenvalue weighted by Gasteiger charge is 2.55. The average Bonchev–Trinajstić information content (AvgIpc) is 3.19. The zero-order valence-electron chi connectivity index (χ0n) is 29.0. The Labute approximate surface area is 367 Å². The van der Waals surface area contributed by atoms with Crippen LogP contribution in [0.5, 0.6) is 0 Å². The lowest BCUT2D eigenvalue weighted by molar-refractivity contribution is -0.282. The molecule has 0 amide bonds. The minimum atomic E-state index is -1.82. The lowest BCUT2D eigenvalue weighted by Gasteiger charge is -2.43. The van der Waals surface area contributed by atoms with Crippen molar-refractivity contribution in [3.63, 3.8) is 0 Å². The summed E-state index contributed by atoms with van der Waals surface area (Å²) in [4.78, 5) is 68.7. The number of benzene rings is 5. The standard InChI is InChI=1S/C41H27Br5O11/c42-27-11-1-6-22(16-27)36(47)52-21-32-33(54-37(48)23-7-2-12-28(43)17-23)34(55-38(49)24-8-3-13-29(44)18-24)35(56-39(50)25-9-4-14-30(45)19-25)41(53-32)57-40(51)26-10-5-15-31(46)20-26/h1-20,32-35,41H,21H2/t32-,33+,34+,35-,41-/m1/s1. The topological polar surface area (TPSA) is 141 Å². The van der Waals surface area contributed by atoms with Crippen molar-refractivity contribution in [3.05, 3.63) is 172 Å². The minimum absolute atomic E-state index is 0.0744. The molecule has 0 unspecified atom stereocenters. The lowest BCUT2D eigenvalue weighted by Crippen LogP contribution is -2.63. The molecule has 11 nitrogen and oxygen atoms in total. The fourth-order valence-electron chi connectivity index (χ4n) is 5.58. The maximum atomic E-state index is 14.0. The summed E-state index contributed by atoms with van der Waals surface area (Å²) in [6.45, 7) is -0.607. The monoisotopic (exact) mass is 1090 g/mol. The van der Waals surface area contributed by atoms with E-state index in [9.17, 15) is 24.0 Å². The van der Waals surface area contributed by atoms with Gasteiger partial charge in [0.25, 0.3) is 0 Å². The zero-order chi connectivity index (χ0) is 40.6. The molecule has 6 rings (SSSR count). The first-order valence-electron chi connectivity index (χ1n) is 16.8. The van der Waals surface area contributed by atoms with E-state index in [1.54, 1.807) is 60.7 Å². The van der Waals surface area contributed by atoms with Crippen molar-refractivity contribution in [1.29, 1.82) is 0 Å². The van der Waals surface area contributed by atoms with Crippen molar-refractivity contribution in [3.8, 4) is 0 Å². The number of halogens is 5. The van der Waals surface area contributed by atoms with E-state index in [-0.39, 0.29) is 27.8 Å². The van der Waals surface area contributed by atoms with Gasteiger partial charge in [-0.05, 0) is 91.0 Å². The first-order valence-corrected chi connectivity index (χ1v) is 20.8. The van der Waals surface area contributed by atoms with Crippen LogP contribution in [0, 0.1) is 0 Å². The number of carbonyl (C=O) groups excluding carboxylic acids is 5. The Bertz CT molecular complexity index is 2320. The molecule has 0 bridgehead atoms. The molecular weight excluding hydrogens is 1070 g/mol. The Morgan fingerprint density at radius 2 is 0.737 bits per heavy atom. The first-order chi connectivity index (χ1) is 27.3. The van der Waals surface area contributed by atoms with Gasteiger partial charge in [0.05, 0.1) is 27.8 Å². The van der Waals surface area contributed by atoms with Gasteiger partial charge in [0.2, 0.25) is 12.4 Å². The molecule has 292 valence electrons. The second-order valence-corrected chi connectivity index (χ2v) is 16.8. The summed E-state index contributed by atoms with van der Waals surface area (Å²) in [5.41, 5.74) is 0.515. The molecule has 5 aromatic carbocycles. The summed E-state index contributed by atoms with van der Waals surface area (Å²) < 4.78 is 38.8. The molecule has 0 radical (unpaired) electrons. The summed E-state index contributed by atoms with van der Waals surface area (Å²) in [6.07, 6.45) is -8.42. The molecule has 1 aliphatic rings. The van der Waals surface area contributed by atoms with Gasteiger partial charge in [-0.2, -0.15) is 0 Å². The van der Waals surface area contributed by atoms with Crippen LogP contribution in [0.25, 0.3) is 0 Å². The maximum Gasteiger partial charge on any atom is 0.340 e. The van der Waals surface area contributed by atoms with Gasteiger partial charge in [-0.1, -0.05) is 110 Å². The molecule has 5 aromatic rings. The third-order valence-corrected chi connectivity index (χ3v) is 10.7. The number of hydrogen-bond donors (Lipinski definition) is 0. The molecule has 1 heterocycles. The van der Waals surface area contributed by atoms with Crippen LogP contribution in [0.1, 0.15) is 51.8 Å². The van der Waals surface area contributed by atoms with Gasteiger partial charge in [0.1, 0.15) is 12.7 Å². The molecule has 16 heteroatoms. The predicted molar refractivity (Wildman–Crippen MR) is 223 cm³/mol. The predicted octanol–water partition coefficient (Wildman–Crippen LogP) is 9.91.